The Morgan fingerprint density at radius 1 is 1.54 bits per heavy atom. The number of amides is 1. The van der Waals surface area contributed by atoms with Gasteiger partial charge in [-0.2, -0.15) is 0 Å². The van der Waals surface area contributed by atoms with Crippen LogP contribution in [0.15, 0.2) is 0 Å². The molecule has 0 unspecified atom stereocenters. The molecule has 1 heterocycles. The predicted octanol–water partition coefficient (Wildman–Crippen LogP) is 1.72. The minimum Gasteiger partial charge on any atom is -0.347 e. The third kappa shape index (κ3) is 3.64. The lowest BCUT2D eigenvalue weighted by atomic mass is 10.6. The van der Waals surface area contributed by atoms with Crippen LogP contribution in [0.4, 0.5) is 0 Å². The number of nitrogens with zero attached hydrogens (tertiary/aromatic N) is 2. The zero-order chi connectivity index (χ0) is 9.84. The van der Waals surface area contributed by atoms with Crippen LogP contribution in [0.5, 0.6) is 0 Å². The van der Waals surface area contributed by atoms with E-state index >= 15 is 0 Å². The highest BCUT2D eigenvalue weighted by Gasteiger charge is 2.12. The Bertz CT molecular complexity index is 303. The van der Waals surface area contributed by atoms with Crippen LogP contribution in [0.2, 0.25) is 4.47 Å². The van der Waals surface area contributed by atoms with Crippen molar-refractivity contribution in [2.24, 2.45) is 0 Å². The Morgan fingerprint density at radius 2 is 2.23 bits per heavy atom. The summed E-state index contributed by atoms with van der Waals surface area (Å²) in [6, 6.07) is 0. The van der Waals surface area contributed by atoms with Gasteiger partial charge in [0.25, 0.3) is 5.91 Å². The fourth-order valence-corrected chi connectivity index (χ4v) is 1.44. The number of rotatable bonds is 3. The molecule has 0 saturated carbocycles. The number of alkyl halides is 2. The van der Waals surface area contributed by atoms with E-state index in [2.05, 4.69) is 15.5 Å². The van der Waals surface area contributed by atoms with Crippen LogP contribution in [0.25, 0.3) is 0 Å². The number of carbonyl (C=O) groups is 1. The second kappa shape index (κ2) is 4.95. The van der Waals surface area contributed by atoms with Crippen molar-refractivity contribution < 1.29 is 4.79 Å². The third-order valence-electron chi connectivity index (χ3n) is 1.01. The summed E-state index contributed by atoms with van der Waals surface area (Å²) in [7, 11) is 0. The van der Waals surface area contributed by atoms with Crippen molar-refractivity contribution in [1.29, 1.82) is 0 Å². The van der Waals surface area contributed by atoms with E-state index in [0.29, 0.717) is 0 Å². The Morgan fingerprint density at radius 3 is 2.69 bits per heavy atom. The molecule has 0 aliphatic carbocycles. The summed E-state index contributed by atoms with van der Waals surface area (Å²) < 4.78 is 0.221. The molecule has 0 atom stereocenters. The van der Waals surface area contributed by atoms with Crippen molar-refractivity contribution in [2.75, 3.05) is 6.54 Å². The van der Waals surface area contributed by atoms with Crippen LogP contribution in [-0.4, -0.2) is 27.5 Å². The molecule has 72 valence electrons. The first-order valence-corrected chi connectivity index (χ1v) is 5.21. The van der Waals surface area contributed by atoms with Gasteiger partial charge < -0.3 is 5.32 Å². The minimum atomic E-state index is -0.632. The Kier molecular flexibility index (Phi) is 4.18. The molecule has 0 aliphatic heterocycles. The third-order valence-corrected chi connectivity index (χ3v) is 2.34. The standard InChI is InChI=1S/C5H4Cl3N3OS/c6-2(7)1-9-3(12)4-10-11-5(8)13-4/h2H,1H2,(H,9,12). The molecule has 1 aromatic rings. The van der Waals surface area contributed by atoms with Crippen LogP contribution in [-0.2, 0) is 0 Å². The van der Waals surface area contributed by atoms with Gasteiger partial charge in [0.05, 0.1) is 0 Å². The van der Waals surface area contributed by atoms with Crippen LogP contribution < -0.4 is 5.32 Å². The zero-order valence-electron chi connectivity index (χ0n) is 6.13. The van der Waals surface area contributed by atoms with E-state index in [4.69, 9.17) is 34.8 Å². The van der Waals surface area contributed by atoms with E-state index in [1.165, 1.54) is 0 Å². The minimum absolute atomic E-state index is 0.166. The topological polar surface area (TPSA) is 54.9 Å². The van der Waals surface area contributed by atoms with E-state index in [1.54, 1.807) is 0 Å². The maximum Gasteiger partial charge on any atom is 0.282 e. The maximum absolute atomic E-state index is 11.2. The van der Waals surface area contributed by atoms with Gasteiger partial charge >= 0.3 is 0 Å². The van der Waals surface area contributed by atoms with Gasteiger partial charge in [-0.05, 0) is 11.6 Å². The molecule has 0 saturated heterocycles. The quantitative estimate of drug-likeness (QED) is 0.842. The highest BCUT2D eigenvalue weighted by Crippen LogP contribution is 2.14. The molecule has 0 aliphatic rings. The molecule has 1 rings (SSSR count). The number of hydrogen-bond acceptors (Lipinski definition) is 4. The summed E-state index contributed by atoms with van der Waals surface area (Å²) in [6.07, 6.45) is 0. The van der Waals surface area contributed by atoms with Crippen LogP contribution >= 0.6 is 46.1 Å². The van der Waals surface area contributed by atoms with Crippen LogP contribution in [0, 0.1) is 0 Å². The van der Waals surface area contributed by atoms with Gasteiger partial charge in [-0.1, -0.05) is 11.3 Å². The van der Waals surface area contributed by atoms with Gasteiger partial charge in [0.1, 0.15) is 4.84 Å². The second-order valence-electron chi connectivity index (χ2n) is 1.96. The highest BCUT2D eigenvalue weighted by molar-refractivity contribution is 7.17. The van der Waals surface area contributed by atoms with E-state index < -0.39 is 4.84 Å². The molecule has 8 heteroatoms. The van der Waals surface area contributed by atoms with Crippen LogP contribution in [0.1, 0.15) is 9.80 Å². The molecule has 1 amide bonds. The first-order valence-electron chi connectivity index (χ1n) is 3.15. The van der Waals surface area contributed by atoms with Gasteiger partial charge in [-0.25, -0.2) is 0 Å². The zero-order valence-corrected chi connectivity index (χ0v) is 9.21. The van der Waals surface area contributed by atoms with Crippen molar-refractivity contribution in [3.63, 3.8) is 0 Å². The summed E-state index contributed by atoms with van der Waals surface area (Å²) in [4.78, 5) is 10.6. The average molecular weight is 261 g/mol. The van der Waals surface area contributed by atoms with Crippen molar-refractivity contribution in [3.05, 3.63) is 9.47 Å². The molecule has 0 aromatic carbocycles. The first-order chi connectivity index (χ1) is 6.09. The maximum atomic E-state index is 11.2. The molecule has 4 nitrogen and oxygen atoms in total. The number of carbonyl (C=O) groups excluding carboxylic acids is 1. The molecule has 0 bridgehead atoms. The SMILES string of the molecule is O=C(NCC(Cl)Cl)c1nnc(Cl)s1. The molecule has 0 fully saturated rings. The average Bonchev–Trinajstić information content (AvgIpc) is 2.47. The molecule has 0 spiro atoms. The van der Waals surface area contributed by atoms with E-state index in [9.17, 15) is 4.79 Å². The smallest absolute Gasteiger partial charge is 0.282 e. The van der Waals surface area contributed by atoms with Gasteiger partial charge in [-0.15, -0.1) is 33.4 Å². The number of aromatic nitrogens is 2. The van der Waals surface area contributed by atoms with Gasteiger partial charge in [0.2, 0.25) is 9.47 Å². The van der Waals surface area contributed by atoms with Gasteiger partial charge in [0, 0.05) is 6.54 Å². The van der Waals surface area contributed by atoms with Crippen molar-refractivity contribution >= 4 is 52.0 Å². The fraction of sp³-hybridized carbons (Fsp3) is 0.400. The Hall–Kier alpha value is -0.100. The Balaban J connectivity index is 2.49. The number of halogens is 3. The molecular weight excluding hydrogens is 257 g/mol. The van der Waals surface area contributed by atoms with E-state index in [0.717, 1.165) is 11.3 Å². The first kappa shape index (κ1) is 11.0. The lowest BCUT2D eigenvalue weighted by Gasteiger charge is -2.01. The summed E-state index contributed by atoms with van der Waals surface area (Å²) in [5.74, 6) is -0.379. The molecule has 0 radical (unpaired) electrons. The highest BCUT2D eigenvalue weighted by atomic mass is 35.5. The largest absolute Gasteiger partial charge is 0.347 e. The van der Waals surface area contributed by atoms with Crippen molar-refractivity contribution in [1.82, 2.24) is 15.5 Å². The number of nitrogens with one attached hydrogen (secondary N) is 1. The van der Waals surface area contributed by atoms with E-state index in [-0.39, 0.29) is 21.9 Å². The summed E-state index contributed by atoms with van der Waals surface area (Å²) >= 11 is 17.3. The normalized spacial score (nSPS) is 10.5. The summed E-state index contributed by atoms with van der Waals surface area (Å²) in [6.45, 7) is 0.166. The van der Waals surface area contributed by atoms with E-state index in [1.807, 2.05) is 0 Å². The molecule has 13 heavy (non-hydrogen) atoms. The molecule has 1 N–H and O–H groups in total. The molecule has 1 aromatic heterocycles. The Labute approximate surface area is 93.2 Å². The summed E-state index contributed by atoms with van der Waals surface area (Å²) in [5.41, 5.74) is 0. The lowest BCUT2D eigenvalue weighted by Crippen LogP contribution is -2.27. The summed E-state index contributed by atoms with van der Waals surface area (Å²) in [5, 5.41) is 9.66. The van der Waals surface area contributed by atoms with Gasteiger partial charge in [-0.3, -0.25) is 4.79 Å². The van der Waals surface area contributed by atoms with Gasteiger partial charge in [0.15, 0.2) is 0 Å². The monoisotopic (exact) mass is 259 g/mol. The number of hydrogen-bond donors (Lipinski definition) is 1. The van der Waals surface area contributed by atoms with Crippen LogP contribution in [0.3, 0.4) is 0 Å². The fourth-order valence-electron chi connectivity index (χ4n) is 0.543. The molecular formula is C5H4Cl3N3OS. The predicted molar refractivity (Wildman–Crippen MR) is 52.7 cm³/mol. The lowest BCUT2D eigenvalue weighted by molar-refractivity contribution is 0.0954. The second-order valence-corrected chi connectivity index (χ2v) is 4.80. The van der Waals surface area contributed by atoms with Crippen molar-refractivity contribution in [3.8, 4) is 0 Å². The van der Waals surface area contributed by atoms with Crippen molar-refractivity contribution in [2.45, 2.75) is 4.84 Å².